The van der Waals surface area contributed by atoms with Crippen molar-refractivity contribution in [1.82, 2.24) is 0 Å². The number of carbonyl (C=O) groups is 1. The molecule has 40 atom stereocenters. The van der Waals surface area contributed by atoms with E-state index < -0.39 is 261 Å². The summed E-state index contributed by atoms with van der Waals surface area (Å²) in [4.78, 5) is 15.4. The van der Waals surface area contributed by atoms with Crippen LogP contribution in [0.25, 0.3) is 0 Å². The summed E-state index contributed by atoms with van der Waals surface area (Å²) in [6.07, 6.45) is -48.1. The van der Waals surface area contributed by atoms with Gasteiger partial charge in [-0.1, -0.05) is 46.3 Å². The van der Waals surface area contributed by atoms with Crippen molar-refractivity contribution in [3.05, 3.63) is 11.6 Å². The number of carbonyl (C=O) groups excluding carboxylic acids is 1. The average Bonchev–Trinajstić information content (AvgIpc) is 0.671. The molecule has 0 radical (unpaired) electrons. The lowest BCUT2D eigenvalue weighted by atomic mass is 9.33. The number of aliphatic hydroxyl groups is 19. The average molecular weight is 1390 g/mol. The predicted octanol–water partition coefficient (Wildman–Crippen LogP) is -6.00. The van der Waals surface area contributed by atoms with E-state index in [-0.39, 0.29) is 30.6 Å². The molecule has 0 spiro atoms. The lowest BCUT2D eigenvalue weighted by molar-refractivity contribution is -0.382. The largest absolute Gasteiger partial charge is 0.432 e. The maximum Gasteiger partial charge on any atom is 0.317 e. The van der Waals surface area contributed by atoms with Gasteiger partial charge in [-0.05, 0) is 118 Å². The van der Waals surface area contributed by atoms with E-state index in [1.165, 1.54) is 27.7 Å². The van der Waals surface area contributed by atoms with Gasteiger partial charge in [0.05, 0.1) is 55.9 Å². The Labute approximate surface area is 555 Å². The van der Waals surface area contributed by atoms with Gasteiger partial charge in [-0.3, -0.25) is 4.79 Å². The van der Waals surface area contributed by atoms with E-state index >= 15 is 4.79 Å². The molecular weight excluding hydrogens is 1280 g/mol. The number of aliphatic hydroxyl groups excluding tert-OH is 18. The van der Waals surface area contributed by atoms with Gasteiger partial charge in [-0.15, -0.1) is 0 Å². The molecular formula is C64H104O32. The number of fused-ring (bicyclic) bond motifs is 7. The van der Waals surface area contributed by atoms with Crippen LogP contribution in [0, 0.1) is 44.8 Å². The van der Waals surface area contributed by atoms with Gasteiger partial charge in [-0.2, -0.15) is 0 Å². The van der Waals surface area contributed by atoms with Crippen LogP contribution in [-0.4, -0.2) is 325 Å². The first-order chi connectivity index (χ1) is 44.8. The van der Waals surface area contributed by atoms with Crippen molar-refractivity contribution in [2.45, 2.75) is 316 Å². The van der Waals surface area contributed by atoms with E-state index in [4.69, 9.17) is 56.8 Å². The third-order valence-corrected chi connectivity index (χ3v) is 24.8. The molecule has 10 fully saturated rings. The molecule has 0 bridgehead atoms. The van der Waals surface area contributed by atoms with Gasteiger partial charge in [0.25, 0.3) is 0 Å². The van der Waals surface area contributed by atoms with Gasteiger partial charge in [0, 0.05) is 0 Å². The van der Waals surface area contributed by atoms with Crippen molar-refractivity contribution in [3.8, 4) is 0 Å². The van der Waals surface area contributed by atoms with Crippen LogP contribution in [0.5, 0.6) is 0 Å². The van der Waals surface area contributed by atoms with E-state index in [2.05, 4.69) is 33.8 Å². The van der Waals surface area contributed by atoms with Crippen LogP contribution in [0.3, 0.4) is 0 Å². The van der Waals surface area contributed by atoms with Crippen LogP contribution < -0.4 is 0 Å². The quantitative estimate of drug-likeness (QED) is 0.0437. The summed E-state index contributed by atoms with van der Waals surface area (Å²) < 4.78 is 70.7. The van der Waals surface area contributed by atoms with Gasteiger partial charge < -0.3 is 154 Å². The first-order valence-corrected chi connectivity index (χ1v) is 33.7. The van der Waals surface area contributed by atoms with Crippen LogP contribution in [0.15, 0.2) is 11.6 Å². The van der Waals surface area contributed by atoms with Crippen molar-refractivity contribution in [2.75, 3.05) is 19.8 Å². The van der Waals surface area contributed by atoms with Gasteiger partial charge >= 0.3 is 5.97 Å². The van der Waals surface area contributed by atoms with Gasteiger partial charge in [0.2, 0.25) is 6.29 Å². The number of hydrogen-bond acceptors (Lipinski definition) is 32. The topological polar surface area (TPSA) is 512 Å². The number of esters is 1. The van der Waals surface area contributed by atoms with Crippen LogP contribution in [0.2, 0.25) is 0 Å². The minimum Gasteiger partial charge on any atom is -0.432 e. The summed E-state index contributed by atoms with van der Waals surface area (Å²) >= 11 is 0. The van der Waals surface area contributed by atoms with Gasteiger partial charge in [0.1, 0.15) is 134 Å². The van der Waals surface area contributed by atoms with E-state index in [1.54, 1.807) is 0 Å². The summed E-state index contributed by atoms with van der Waals surface area (Å²) in [6, 6.07) is 0. The van der Waals surface area contributed by atoms with Crippen LogP contribution in [-0.2, 0) is 61.6 Å². The third kappa shape index (κ3) is 12.5. The van der Waals surface area contributed by atoms with Crippen LogP contribution >= 0.6 is 0 Å². The highest BCUT2D eigenvalue weighted by atomic mass is 16.8. The summed E-state index contributed by atoms with van der Waals surface area (Å²) in [6.45, 7) is 14.0. The summed E-state index contributed by atoms with van der Waals surface area (Å²) in [5, 5.41) is 213. The molecule has 32 nitrogen and oxygen atoms in total. The fourth-order valence-corrected chi connectivity index (χ4v) is 18.8. The minimum absolute atomic E-state index is 0.0600. The maximum absolute atomic E-state index is 15.4. The van der Waals surface area contributed by atoms with Crippen molar-refractivity contribution in [2.24, 2.45) is 44.8 Å². The van der Waals surface area contributed by atoms with Gasteiger partial charge in [0.15, 0.2) is 31.5 Å². The molecule has 11 rings (SSSR count). The van der Waals surface area contributed by atoms with E-state index in [0.29, 0.717) is 32.1 Å². The fraction of sp³-hybridized carbons (Fsp3) is 0.953. The smallest absolute Gasteiger partial charge is 0.317 e. The molecule has 0 amide bonds. The molecule has 19 N–H and O–H groups in total. The molecule has 0 unspecified atom stereocenters. The zero-order valence-corrected chi connectivity index (χ0v) is 55.4. The van der Waals surface area contributed by atoms with Crippen LogP contribution in [0.1, 0.15) is 114 Å². The Hall–Kier alpha value is -1.99. The zero-order valence-electron chi connectivity index (χ0n) is 55.4. The Kier molecular flexibility index (Phi) is 21.6. The Balaban J connectivity index is 0.778. The van der Waals surface area contributed by atoms with Crippen molar-refractivity contribution in [3.63, 3.8) is 0 Å². The van der Waals surface area contributed by atoms with E-state index in [1.807, 2.05) is 6.92 Å². The monoisotopic (exact) mass is 1380 g/mol. The second-order valence-corrected chi connectivity index (χ2v) is 31.1. The molecule has 6 heterocycles. The molecule has 6 aliphatic heterocycles. The highest BCUT2D eigenvalue weighted by molar-refractivity contribution is 5.80. The van der Waals surface area contributed by atoms with E-state index in [0.717, 1.165) is 5.57 Å². The Bertz CT molecular complexity index is 2730. The molecule has 0 aromatic rings. The zero-order chi connectivity index (χ0) is 70.3. The first-order valence-electron chi connectivity index (χ1n) is 33.7. The number of rotatable bonds is 14. The molecule has 11 aliphatic rings. The normalized spacial score (nSPS) is 56.7. The molecule has 0 aromatic heterocycles. The molecule has 552 valence electrons. The highest BCUT2D eigenvalue weighted by Gasteiger charge is 2.74. The first kappa shape index (κ1) is 75.2. The Morgan fingerprint density at radius 3 is 1.67 bits per heavy atom. The lowest BCUT2D eigenvalue weighted by Gasteiger charge is -2.71. The van der Waals surface area contributed by atoms with Gasteiger partial charge in [-0.25, -0.2) is 0 Å². The second kappa shape index (κ2) is 27.6. The van der Waals surface area contributed by atoms with E-state index in [9.17, 15) is 97.0 Å². The van der Waals surface area contributed by atoms with Crippen molar-refractivity contribution in [1.29, 1.82) is 0 Å². The third-order valence-electron chi connectivity index (χ3n) is 24.8. The van der Waals surface area contributed by atoms with Crippen molar-refractivity contribution >= 4 is 5.97 Å². The van der Waals surface area contributed by atoms with Crippen molar-refractivity contribution < 1.29 is 159 Å². The summed E-state index contributed by atoms with van der Waals surface area (Å²) in [5.41, 5.74) is -5.20. The second-order valence-electron chi connectivity index (χ2n) is 31.1. The summed E-state index contributed by atoms with van der Waals surface area (Å²) in [7, 11) is 0. The molecule has 0 aromatic carbocycles. The molecule has 96 heavy (non-hydrogen) atoms. The molecule has 4 saturated carbocycles. The molecule has 32 heteroatoms. The fourth-order valence-electron chi connectivity index (χ4n) is 18.8. The number of hydrogen-bond donors (Lipinski definition) is 19. The predicted molar refractivity (Wildman–Crippen MR) is 317 cm³/mol. The summed E-state index contributed by atoms with van der Waals surface area (Å²) in [5.74, 6) is -2.36. The van der Waals surface area contributed by atoms with Crippen LogP contribution in [0.4, 0.5) is 0 Å². The maximum atomic E-state index is 15.4. The molecule has 5 aliphatic carbocycles. The lowest BCUT2D eigenvalue weighted by Crippen LogP contribution is -2.72. The number of allylic oxidation sites excluding steroid dienone is 2. The Morgan fingerprint density at radius 2 is 1.02 bits per heavy atom. The number of ether oxygens (including phenoxy) is 12. The minimum atomic E-state index is -1.98. The SMILES string of the molecule is C[C@@H]1O[C@@H](O[C@@H]2CO[C@@H](O[C@@H]3[C@@H](O)[C@H](C)O[C@@H](OC(=O)[C@]45CCC(C)(C)C[C@H]4C4=CC[C@@H]6[C@@]7(C)C[C@H](O)[C@H](O[C@@H]8O[C@H](CO)[C@@H](O)[C@H](O[C@@H]9O[C@H](CO)[C@@H](O)[C@H](O)[C@H]9O)[C@H]8O)[C@@](C)(O)[C@@H]7CC[C@@]6(C)[C@]4(C)C[C@H]5O)[C@@H]3O)[C@H](O)[C@H]2O)[C@H](O[C@@H]2O[C@H](C)[C@H](O)[C@H](O)[C@H]2O)[C@H](O)[C@H]1O. The Morgan fingerprint density at radius 1 is 0.500 bits per heavy atom. The standard InChI is InChI=1S/C64H104O32/c1-22-34(69)40(75)44(79)53(86-22)94-50-42(77)35(70)23(2)88-57(50)91-30-21-85-52(43(78)38(30)73)92-48-36(71)24(3)87-55(46(48)81)96-58(83)64-15-14-59(4,5)16-26(64)25-10-11-31-60(6)17-27(67)51(63(9,84)32(60)12-13-61(31,7)62(25,8)18-33(64)68)95-56-47(82)49(39(74)29(20-66)90-56)93-54-45(80)41(76)37(72)28(19-65)89-54/h10,22-24,26-57,65-82,84H,11-21H2,1-9H3/t22-,23+,24+,26+,27+,28-,29-,30-,31-,32-,33-,34+,35+,36+,37-,38+,39-,40+,41+,42-,43-,44-,45-,46-,47-,48-,49+,50-,51+,52+,53+,54+,55+,56+,57+,60-,61-,62-,63+,64-/m1/s1. The molecule has 6 saturated heterocycles. The highest BCUT2D eigenvalue weighted by Crippen LogP contribution is 2.75.